The number of piperidine rings is 1. The maximum atomic E-state index is 10.8. The van der Waals surface area contributed by atoms with E-state index in [4.69, 9.17) is 17.3 Å². The molecular formula is C11H15ClN4O. The zero-order valence-corrected chi connectivity index (χ0v) is 10.2. The summed E-state index contributed by atoms with van der Waals surface area (Å²) >= 11 is 5.75. The van der Waals surface area contributed by atoms with Crippen molar-refractivity contribution in [2.24, 2.45) is 11.7 Å². The van der Waals surface area contributed by atoms with E-state index in [1.54, 1.807) is 6.20 Å². The molecule has 0 unspecified atom stereocenters. The summed E-state index contributed by atoms with van der Waals surface area (Å²) in [7, 11) is 0. The van der Waals surface area contributed by atoms with E-state index in [1.807, 2.05) is 6.07 Å². The lowest BCUT2D eigenvalue weighted by Gasteiger charge is -2.32. The molecule has 1 saturated heterocycles. The lowest BCUT2D eigenvalue weighted by molar-refractivity contribution is -0.119. The number of aromatic nitrogens is 2. The molecule has 2 N–H and O–H groups in total. The van der Waals surface area contributed by atoms with E-state index in [0.717, 1.165) is 31.7 Å². The molecule has 6 heteroatoms. The van der Waals surface area contributed by atoms with Crippen LogP contribution in [0.2, 0.25) is 5.28 Å². The molecule has 0 bridgehead atoms. The summed E-state index contributed by atoms with van der Waals surface area (Å²) in [4.78, 5) is 21.0. The highest BCUT2D eigenvalue weighted by atomic mass is 35.5. The number of hydrogen-bond acceptors (Lipinski definition) is 4. The second kappa shape index (κ2) is 5.31. The highest BCUT2D eigenvalue weighted by molar-refractivity contribution is 6.28. The second-order valence-electron chi connectivity index (χ2n) is 4.28. The number of amides is 1. The number of carbonyl (C=O) groups excluding carboxylic acids is 1. The van der Waals surface area contributed by atoms with Gasteiger partial charge in [0.15, 0.2) is 0 Å². The number of carbonyl (C=O) groups is 1. The number of nitrogens with two attached hydrogens (primary N) is 1. The van der Waals surface area contributed by atoms with Gasteiger partial charge in [-0.3, -0.25) is 4.79 Å². The monoisotopic (exact) mass is 254 g/mol. The van der Waals surface area contributed by atoms with Crippen LogP contribution >= 0.6 is 11.6 Å². The Morgan fingerprint density at radius 3 is 2.82 bits per heavy atom. The summed E-state index contributed by atoms with van der Waals surface area (Å²) in [6.45, 7) is 1.76. The lowest BCUT2D eigenvalue weighted by Crippen LogP contribution is -2.35. The third kappa shape index (κ3) is 3.30. The Balaban J connectivity index is 1.93. The van der Waals surface area contributed by atoms with E-state index < -0.39 is 0 Å². The average Bonchev–Trinajstić information content (AvgIpc) is 2.29. The number of hydrogen-bond donors (Lipinski definition) is 1. The first-order valence-corrected chi connectivity index (χ1v) is 6.05. The van der Waals surface area contributed by atoms with Crippen LogP contribution in [0.25, 0.3) is 0 Å². The van der Waals surface area contributed by atoms with Crippen molar-refractivity contribution in [3.05, 3.63) is 17.5 Å². The minimum atomic E-state index is -0.214. The Bertz CT molecular complexity index is 404. The summed E-state index contributed by atoms with van der Waals surface area (Å²) in [6, 6.07) is 1.85. The van der Waals surface area contributed by atoms with E-state index in [0.29, 0.717) is 12.3 Å². The summed E-state index contributed by atoms with van der Waals surface area (Å²) < 4.78 is 0. The van der Waals surface area contributed by atoms with Gasteiger partial charge < -0.3 is 10.6 Å². The number of anilines is 1. The van der Waals surface area contributed by atoms with Crippen molar-refractivity contribution in [1.82, 2.24) is 9.97 Å². The molecule has 0 radical (unpaired) electrons. The minimum Gasteiger partial charge on any atom is -0.370 e. The molecule has 5 nitrogen and oxygen atoms in total. The van der Waals surface area contributed by atoms with Crippen molar-refractivity contribution in [2.75, 3.05) is 18.0 Å². The summed E-state index contributed by atoms with van der Waals surface area (Å²) in [5.41, 5.74) is 5.20. The third-order valence-corrected chi connectivity index (χ3v) is 3.22. The molecule has 0 spiro atoms. The smallest absolute Gasteiger partial charge is 0.224 e. The standard InChI is InChI=1S/C11H15ClN4O/c12-11-14-4-1-10(15-11)16-5-2-8(3-6-16)7-9(13)17/h1,4,8H,2-3,5-7H2,(H2,13,17). The van der Waals surface area contributed by atoms with Crippen LogP contribution in [0.15, 0.2) is 12.3 Å². The topological polar surface area (TPSA) is 72.1 Å². The van der Waals surface area contributed by atoms with Crippen molar-refractivity contribution in [3.8, 4) is 0 Å². The molecule has 0 atom stereocenters. The van der Waals surface area contributed by atoms with E-state index >= 15 is 0 Å². The predicted molar refractivity (Wildman–Crippen MR) is 65.8 cm³/mol. The Kier molecular flexibility index (Phi) is 3.78. The Morgan fingerprint density at radius 1 is 1.53 bits per heavy atom. The van der Waals surface area contributed by atoms with Gasteiger partial charge in [-0.25, -0.2) is 9.97 Å². The molecular weight excluding hydrogens is 240 g/mol. The van der Waals surface area contributed by atoms with Gasteiger partial charge in [-0.1, -0.05) is 0 Å². The quantitative estimate of drug-likeness (QED) is 0.824. The zero-order chi connectivity index (χ0) is 12.3. The molecule has 1 amide bonds. The van der Waals surface area contributed by atoms with Crippen LogP contribution in [0.3, 0.4) is 0 Å². The maximum absolute atomic E-state index is 10.8. The zero-order valence-electron chi connectivity index (χ0n) is 9.47. The van der Waals surface area contributed by atoms with Crippen molar-refractivity contribution in [1.29, 1.82) is 0 Å². The molecule has 92 valence electrons. The van der Waals surface area contributed by atoms with Gasteiger partial charge in [0.25, 0.3) is 0 Å². The number of nitrogens with zero attached hydrogens (tertiary/aromatic N) is 3. The summed E-state index contributed by atoms with van der Waals surface area (Å²) in [5, 5.41) is 0.266. The van der Waals surface area contributed by atoms with Crippen molar-refractivity contribution in [2.45, 2.75) is 19.3 Å². The van der Waals surface area contributed by atoms with Crippen LogP contribution < -0.4 is 10.6 Å². The predicted octanol–water partition coefficient (Wildman–Crippen LogP) is 1.22. The fourth-order valence-electron chi connectivity index (χ4n) is 2.15. The van der Waals surface area contributed by atoms with E-state index in [1.165, 1.54) is 0 Å². The Hall–Kier alpha value is -1.36. The van der Waals surface area contributed by atoms with Gasteiger partial charge in [0.05, 0.1) is 0 Å². The maximum Gasteiger partial charge on any atom is 0.224 e. The van der Waals surface area contributed by atoms with E-state index in [-0.39, 0.29) is 11.2 Å². The van der Waals surface area contributed by atoms with Gasteiger partial charge >= 0.3 is 0 Å². The van der Waals surface area contributed by atoms with E-state index in [2.05, 4.69) is 14.9 Å². The van der Waals surface area contributed by atoms with Crippen LogP contribution in [-0.4, -0.2) is 29.0 Å². The molecule has 1 aliphatic rings. The van der Waals surface area contributed by atoms with Crippen LogP contribution in [0, 0.1) is 5.92 Å². The molecule has 0 saturated carbocycles. The van der Waals surface area contributed by atoms with Crippen molar-refractivity contribution < 1.29 is 4.79 Å². The van der Waals surface area contributed by atoms with Gasteiger partial charge in [0.2, 0.25) is 11.2 Å². The molecule has 0 aliphatic carbocycles. The molecule has 1 aliphatic heterocycles. The van der Waals surface area contributed by atoms with Gasteiger partial charge in [-0.2, -0.15) is 0 Å². The first kappa shape index (κ1) is 12.1. The van der Waals surface area contributed by atoms with Gasteiger partial charge in [-0.15, -0.1) is 0 Å². The van der Waals surface area contributed by atoms with Crippen LogP contribution in [0.4, 0.5) is 5.82 Å². The van der Waals surface area contributed by atoms with Gasteiger partial charge in [0, 0.05) is 25.7 Å². The average molecular weight is 255 g/mol. The normalized spacial score (nSPS) is 17.1. The van der Waals surface area contributed by atoms with Crippen molar-refractivity contribution >= 4 is 23.3 Å². The first-order valence-electron chi connectivity index (χ1n) is 5.67. The molecule has 1 aromatic rings. The minimum absolute atomic E-state index is 0.214. The lowest BCUT2D eigenvalue weighted by atomic mass is 9.93. The largest absolute Gasteiger partial charge is 0.370 e. The summed E-state index contributed by atoms with van der Waals surface area (Å²) in [5.74, 6) is 1.04. The fraction of sp³-hybridized carbons (Fsp3) is 0.545. The second-order valence-corrected chi connectivity index (χ2v) is 4.62. The van der Waals surface area contributed by atoms with Crippen LogP contribution in [-0.2, 0) is 4.79 Å². The summed E-state index contributed by atoms with van der Waals surface area (Å²) in [6.07, 6.45) is 4.06. The van der Waals surface area contributed by atoms with Gasteiger partial charge in [0.1, 0.15) is 5.82 Å². The SMILES string of the molecule is NC(=O)CC1CCN(c2ccnc(Cl)n2)CC1. The highest BCUT2D eigenvalue weighted by Gasteiger charge is 2.21. The Morgan fingerprint density at radius 2 is 2.24 bits per heavy atom. The number of rotatable bonds is 3. The molecule has 17 heavy (non-hydrogen) atoms. The molecule has 1 aromatic heterocycles. The number of halogens is 1. The fourth-order valence-corrected chi connectivity index (χ4v) is 2.30. The van der Waals surface area contributed by atoms with Crippen LogP contribution in [0.1, 0.15) is 19.3 Å². The molecule has 1 fully saturated rings. The first-order chi connectivity index (χ1) is 8.15. The highest BCUT2D eigenvalue weighted by Crippen LogP contribution is 2.23. The Labute approximate surface area is 105 Å². The van der Waals surface area contributed by atoms with Crippen LogP contribution in [0.5, 0.6) is 0 Å². The van der Waals surface area contributed by atoms with Crippen molar-refractivity contribution in [3.63, 3.8) is 0 Å². The van der Waals surface area contributed by atoms with Gasteiger partial charge in [-0.05, 0) is 36.4 Å². The number of primary amides is 1. The molecule has 2 heterocycles. The molecule has 2 rings (SSSR count). The molecule has 0 aromatic carbocycles. The third-order valence-electron chi connectivity index (χ3n) is 3.04. The van der Waals surface area contributed by atoms with E-state index in [9.17, 15) is 4.79 Å².